The average Bonchev–Trinajstić information content (AvgIpc) is 2.94. The topological polar surface area (TPSA) is 180 Å². The van der Waals surface area contributed by atoms with E-state index in [0.29, 0.717) is 22.6 Å². The molecule has 0 aliphatic heterocycles. The van der Waals surface area contributed by atoms with Gasteiger partial charge in [-0.15, -0.1) is 0 Å². The van der Waals surface area contributed by atoms with Gasteiger partial charge in [0.1, 0.15) is 22.8 Å². The molecule has 2 aromatic rings. The van der Waals surface area contributed by atoms with Crippen LogP contribution >= 0.6 is 0 Å². The fourth-order valence-corrected chi connectivity index (χ4v) is 6.57. The molecule has 42 heavy (non-hydrogen) atoms. The summed E-state index contributed by atoms with van der Waals surface area (Å²) >= 11 is 0. The lowest BCUT2D eigenvalue weighted by Gasteiger charge is -2.50. The van der Waals surface area contributed by atoms with Gasteiger partial charge in [0, 0.05) is 11.5 Å². The third kappa shape index (κ3) is 4.15. The molecular formula is C31H32N2O9. The third-order valence-corrected chi connectivity index (χ3v) is 8.51. The van der Waals surface area contributed by atoms with Crippen molar-refractivity contribution in [2.24, 2.45) is 17.6 Å². The first kappa shape index (κ1) is 28.9. The number of benzene rings is 2. The van der Waals surface area contributed by atoms with E-state index in [1.54, 1.807) is 38.4 Å². The monoisotopic (exact) mass is 576 g/mol. The number of carbonyl (C=O) groups is 3. The van der Waals surface area contributed by atoms with Crippen LogP contribution in [0.5, 0.6) is 17.2 Å². The number of allylic oxidation sites excluding steroid dienone is 1. The highest BCUT2D eigenvalue weighted by atomic mass is 16.5. The molecule has 0 saturated carbocycles. The number of aliphatic hydroxyl groups excluding tert-OH is 2. The Hall–Kier alpha value is -4.61. The van der Waals surface area contributed by atoms with Crippen molar-refractivity contribution in [2.75, 3.05) is 28.3 Å². The molecule has 2 aromatic carbocycles. The van der Waals surface area contributed by atoms with E-state index in [1.165, 1.54) is 25.2 Å². The molecule has 0 bridgehead atoms. The molecule has 0 fully saturated rings. The molecule has 0 heterocycles. The summed E-state index contributed by atoms with van der Waals surface area (Å²) < 4.78 is 10.7. The first-order chi connectivity index (χ1) is 19.9. The van der Waals surface area contributed by atoms with Crippen molar-refractivity contribution < 1.29 is 44.3 Å². The molecule has 0 saturated heterocycles. The number of nitrogens with two attached hydrogens (primary N) is 1. The first-order valence-electron chi connectivity index (χ1n) is 13.3. The molecule has 5 rings (SSSR count). The SMILES string of the molecule is COc1ccc(/C=C/c2ccc(O)c3c2CC2CC4C(N(C)C)C(O)=C(C(N)=O)C(=O)C4(O)C(O)=C2C3=O)cc1OC. The number of hydrogen-bond donors (Lipinski definition) is 5. The number of hydrogen-bond acceptors (Lipinski definition) is 10. The minimum Gasteiger partial charge on any atom is -0.510 e. The van der Waals surface area contributed by atoms with Gasteiger partial charge >= 0.3 is 0 Å². The van der Waals surface area contributed by atoms with Crippen LogP contribution in [0.1, 0.15) is 33.5 Å². The molecule has 3 aliphatic carbocycles. The van der Waals surface area contributed by atoms with Crippen LogP contribution in [-0.4, -0.2) is 82.8 Å². The van der Waals surface area contributed by atoms with Crippen LogP contribution in [0.4, 0.5) is 0 Å². The van der Waals surface area contributed by atoms with E-state index in [1.807, 2.05) is 12.1 Å². The summed E-state index contributed by atoms with van der Waals surface area (Å²) in [6, 6.07) is 7.37. The predicted molar refractivity (Wildman–Crippen MR) is 152 cm³/mol. The van der Waals surface area contributed by atoms with Gasteiger partial charge in [0.25, 0.3) is 5.91 Å². The molecule has 220 valence electrons. The number of Topliss-reactive ketones (excluding diaryl/α,β-unsaturated/α-hetero) is 2. The molecule has 6 N–H and O–H groups in total. The fraction of sp³-hybridized carbons (Fsp3) is 0.323. The van der Waals surface area contributed by atoms with Crippen LogP contribution in [0.15, 0.2) is 53.0 Å². The second-order valence-corrected chi connectivity index (χ2v) is 10.9. The van der Waals surface area contributed by atoms with Crippen molar-refractivity contribution in [2.45, 2.75) is 24.5 Å². The second kappa shape index (κ2) is 10.3. The highest BCUT2D eigenvalue weighted by molar-refractivity contribution is 6.24. The molecule has 3 aliphatic rings. The van der Waals surface area contributed by atoms with E-state index in [2.05, 4.69) is 0 Å². The molecule has 4 atom stereocenters. The van der Waals surface area contributed by atoms with Crippen molar-refractivity contribution >= 4 is 29.6 Å². The quantitative estimate of drug-likeness (QED) is 0.253. The number of carbonyl (C=O) groups excluding carboxylic acids is 3. The zero-order valence-corrected chi connectivity index (χ0v) is 23.5. The van der Waals surface area contributed by atoms with Crippen molar-refractivity contribution in [3.63, 3.8) is 0 Å². The largest absolute Gasteiger partial charge is 0.510 e. The molecule has 4 unspecified atom stereocenters. The minimum atomic E-state index is -2.68. The van der Waals surface area contributed by atoms with Crippen LogP contribution in [0.2, 0.25) is 0 Å². The number of amides is 1. The number of likely N-dealkylation sites (N-methyl/N-ethyl adjacent to an activating group) is 1. The number of methoxy groups -OCH3 is 2. The van der Waals surface area contributed by atoms with E-state index < -0.39 is 58.0 Å². The lowest BCUT2D eigenvalue weighted by atomic mass is 9.58. The van der Waals surface area contributed by atoms with Crippen molar-refractivity contribution in [3.05, 3.63) is 75.3 Å². The molecular weight excluding hydrogens is 544 g/mol. The molecule has 0 spiro atoms. The molecule has 0 radical (unpaired) electrons. The lowest BCUT2D eigenvalue weighted by molar-refractivity contribution is -0.148. The minimum absolute atomic E-state index is 0.0141. The zero-order valence-electron chi connectivity index (χ0n) is 23.5. The summed E-state index contributed by atoms with van der Waals surface area (Å²) in [6.45, 7) is 0. The van der Waals surface area contributed by atoms with Crippen molar-refractivity contribution in [3.8, 4) is 17.2 Å². The smallest absolute Gasteiger partial charge is 0.255 e. The number of nitrogens with zero attached hydrogens (tertiary/aromatic N) is 1. The van der Waals surface area contributed by atoms with E-state index >= 15 is 0 Å². The predicted octanol–water partition coefficient (Wildman–Crippen LogP) is 2.31. The highest BCUT2D eigenvalue weighted by Crippen LogP contribution is 2.52. The Morgan fingerprint density at radius 3 is 2.36 bits per heavy atom. The molecule has 1 amide bonds. The Morgan fingerprint density at radius 2 is 1.74 bits per heavy atom. The van der Waals surface area contributed by atoms with Gasteiger partial charge in [-0.1, -0.05) is 24.3 Å². The first-order valence-corrected chi connectivity index (χ1v) is 13.3. The molecule has 11 heteroatoms. The van der Waals surface area contributed by atoms with Gasteiger partial charge in [-0.25, -0.2) is 0 Å². The van der Waals surface area contributed by atoms with E-state index in [0.717, 1.165) is 5.56 Å². The van der Waals surface area contributed by atoms with Gasteiger partial charge in [-0.05, 0) is 67.7 Å². The van der Waals surface area contributed by atoms with Crippen LogP contribution in [0.3, 0.4) is 0 Å². The Labute approximate surface area is 241 Å². The summed E-state index contributed by atoms with van der Waals surface area (Å²) in [5.74, 6) is -5.74. The number of primary amides is 1. The number of ketones is 2. The number of aromatic hydroxyl groups is 1. The van der Waals surface area contributed by atoms with Crippen LogP contribution < -0.4 is 15.2 Å². The zero-order chi connectivity index (χ0) is 30.7. The average molecular weight is 577 g/mol. The molecule has 0 aromatic heterocycles. The highest BCUT2D eigenvalue weighted by Gasteiger charge is 2.63. The maximum absolute atomic E-state index is 13.9. The van der Waals surface area contributed by atoms with E-state index in [4.69, 9.17) is 15.2 Å². The van der Waals surface area contributed by atoms with E-state index in [9.17, 15) is 34.8 Å². The van der Waals surface area contributed by atoms with Crippen LogP contribution in [0.25, 0.3) is 12.2 Å². The second-order valence-electron chi connectivity index (χ2n) is 10.9. The van der Waals surface area contributed by atoms with Gasteiger partial charge in [0.05, 0.1) is 25.8 Å². The number of fused-ring (bicyclic) bond motifs is 3. The number of aliphatic hydroxyl groups is 3. The maximum Gasteiger partial charge on any atom is 0.255 e. The number of phenolic OH excluding ortho intramolecular Hbond substituents is 1. The summed E-state index contributed by atoms with van der Waals surface area (Å²) in [7, 11) is 6.24. The Kier molecular flexibility index (Phi) is 7.12. The fourth-order valence-electron chi connectivity index (χ4n) is 6.57. The molecule has 11 nitrogen and oxygen atoms in total. The van der Waals surface area contributed by atoms with Crippen molar-refractivity contribution in [1.29, 1.82) is 0 Å². The summed E-state index contributed by atoms with van der Waals surface area (Å²) in [5, 5.41) is 44.8. The standard InChI is InChI=1S/C31H32N2O9/c1-33(2)25-18-13-16-12-17-15(7-5-14-6-10-20(41-3)21(11-14)42-4)8-9-19(34)23(17)26(35)22(16)28(37)31(18,40)29(38)24(27(25)36)30(32)39/h5-11,16,18,25,34,36-37,40H,12-13H2,1-4H3,(H2,32,39)/b7-5+. The lowest BCUT2D eigenvalue weighted by Crippen LogP contribution is -2.63. The number of rotatable bonds is 6. The summed E-state index contributed by atoms with van der Waals surface area (Å²) in [4.78, 5) is 40.9. The summed E-state index contributed by atoms with van der Waals surface area (Å²) in [6.07, 6.45) is 3.81. The number of ether oxygens (including phenoxy) is 2. The number of phenols is 1. The van der Waals surface area contributed by atoms with Gasteiger partial charge < -0.3 is 35.6 Å². The van der Waals surface area contributed by atoms with Crippen LogP contribution in [0, 0.1) is 11.8 Å². The van der Waals surface area contributed by atoms with E-state index in [-0.39, 0.29) is 29.7 Å². The normalized spacial score (nSPS) is 25.4. The third-order valence-electron chi connectivity index (χ3n) is 8.51. The van der Waals surface area contributed by atoms with Crippen LogP contribution in [-0.2, 0) is 16.0 Å². The van der Waals surface area contributed by atoms with Crippen molar-refractivity contribution in [1.82, 2.24) is 4.90 Å². The van der Waals surface area contributed by atoms with Gasteiger partial charge in [0.2, 0.25) is 5.78 Å². The van der Waals surface area contributed by atoms with Gasteiger partial charge in [-0.2, -0.15) is 0 Å². The maximum atomic E-state index is 13.9. The summed E-state index contributed by atoms with van der Waals surface area (Å²) in [5.41, 5.74) is 3.57. The Balaban J connectivity index is 1.62. The van der Waals surface area contributed by atoms with Gasteiger partial charge in [-0.3, -0.25) is 19.3 Å². The Bertz CT molecular complexity index is 1620. The van der Waals surface area contributed by atoms with Gasteiger partial charge in [0.15, 0.2) is 22.9 Å². The Morgan fingerprint density at radius 1 is 1.05 bits per heavy atom.